The molecule has 0 atom stereocenters. The zero-order valence-corrected chi connectivity index (χ0v) is 18.4. The van der Waals surface area contributed by atoms with Gasteiger partial charge >= 0.3 is 18.2 Å². The van der Waals surface area contributed by atoms with Crippen LogP contribution in [-0.4, -0.2) is 53.1 Å². The number of halogens is 3. The van der Waals surface area contributed by atoms with Crippen LogP contribution < -0.4 is 15.8 Å². The Morgan fingerprint density at radius 3 is 2.09 bits per heavy atom. The first kappa shape index (κ1) is 25.5. The van der Waals surface area contributed by atoms with Gasteiger partial charge in [0.1, 0.15) is 0 Å². The van der Waals surface area contributed by atoms with Gasteiger partial charge in [-0.25, -0.2) is 4.79 Å². The zero-order chi connectivity index (χ0) is 25.6. The first-order chi connectivity index (χ1) is 16.6. The van der Waals surface area contributed by atoms with Crippen molar-refractivity contribution in [3.63, 3.8) is 0 Å². The van der Waals surface area contributed by atoms with Crippen molar-refractivity contribution in [3.8, 4) is 0 Å². The molecule has 1 fully saturated rings. The molecular weight excluding hydrogens is 469 g/mol. The maximum absolute atomic E-state index is 13.3. The molecule has 3 N–H and O–H groups in total. The lowest BCUT2D eigenvalue weighted by Gasteiger charge is -2.33. The van der Waals surface area contributed by atoms with Crippen LogP contribution in [0.25, 0.3) is 0 Å². The molecular formula is C23H23F3N4O5. The molecule has 1 heterocycles. The van der Waals surface area contributed by atoms with Crippen molar-refractivity contribution < 1.29 is 37.5 Å². The summed E-state index contributed by atoms with van der Waals surface area (Å²) in [7, 11) is 0. The summed E-state index contributed by atoms with van der Waals surface area (Å²) in [6.07, 6.45) is -5.35. The minimum Gasteiger partial charge on any atom is -0.465 e. The predicted octanol–water partition coefficient (Wildman–Crippen LogP) is 2.93. The van der Waals surface area contributed by atoms with Crippen LogP contribution in [0.3, 0.4) is 0 Å². The number of carboxylic acid groups (broad SMARTS) is 1. The molecule has 2 aromatic rings. The number of rotatable bonds is 5. The summed E-state index contributed by atoms with van der Waals surface area (Å²) in [5.74, 6) is -3.74. The molecule has 9 nitrogen and oxygen atoms in total. The van der Waals surface area contributed by atoms with Crippen molar-refractivity contribution >= 4 is 29.5 Å². The van der Waals surface area contributed by atoms with E-state index in [9.17, 15) is 32.3 Å². The van der Waals surface area contributed by atoms with Gasteiger partial charge in [0.25, 0.3) is 5.91 Å². The van der Waals surface area contributed by atoms with Gasteiger partial charge in [-0.1, -0.05) is 30.3 Å². The second-order valence-electron chi connectivity index (χ2n) is 7.91. The molecule has 0 aromatic heterocycles. The largest absolute Gasteiger partial charge is 0.472 e. The van der Waals surface area contributed by atoms with Crippen molar-refractivity contribution in [1.29, 1.82) is 0 Å². The van der Waals surface area contributed by atoms with Gasteiger partial charge in [0.15, 0.2) is 0 Å². The minimum atomic E-state index is -5.13. The number of carbonyl (C=O) groups excluding carboxylic acids is 3. The summed E-state index contributed by atoms with van der Waals surface area (Å²) >= 11 is 0. The number of anilines is 1. The highest BCUT2D eigenvalue weighted by Gasteiger charge is 2.39. The lowest BCUT2D eigenvalue weighted by molar-refractivity contribution is -0.174. The molecule has 0 spiro atoms. The number of piperidine rings is 1. The Bertz CT molecular complexity index is 1070. The maximum atomic E-state index is 13.3. The Kier molecular flexibility index (Phi) is 7.94. The van der Waals surface area contributed by atoms with Gasteiger partial charge in [-0.2, -0.15) is 13.2 Å². The van der Waals surface area contributed by atoms with E-state index in [2.05, 4.69) is 0 Å². The summed E-state index contributed by atoms with van der Waals surface area (Å²) in [5.41, 5.74) is 4.30. The summed E-state index contributed by atoms with van der Waals surface area (Å²) in [6, 6.07) is 14.8. The van der Waals surface area contributed by atoms with Crippen molar-refractivity contribution in [2.24, 2.45) is 5.92 Å². The number of benzene rings is 2. The van der Waals surface area contributed by atoms with Crippen LogP contribution in [0.1, 0.15) is 28.8 Å². The number of carbonyl (C=O) groups is 4. The smallest absolute Gasteiger partial charge is 0.465 e. The maximum Gasteiger partial charge on any atom is 0.472 e. The molecule has 0 saturated carbocycles. The van der Waals surface area contributed by atoms with Crippen molar-refractivity contribution in [2.45, 2.75) is 25.6 Å². The second kappa shape index (κ2) is 10.9. The molecule has 1 aliphatic heterocycles. The fourth-order valence-corrected chi connectivity index (χ4v) is 3.64. The molecule has 0 radical (unpaired) electrons. The van der Waals surface area contributed by atoms with Crippen LogP contribution in [0.15, 0.2) is 54.6 Å². The number of hydrogen-bond donors (Lipinski definition) is 3. The summed E-state index contributed by atoms with van der Waals surface area (Å²) in [4.78, 5) is 50.2. The van der Waals surface area contributed by atoms with Gasteiger partial charge in [0.2, 0.25) is 5.91 Å². The molecule has 0 unspecified atom stereocenters. The molecule has 0 bridgehead atoms. The third-order valence-electron chi connectivity index (χ3n) is 5.55. The Hall–Kier alpha value is -4.09. The number of para-hydroxylation sites is 1. The van der Waals surface area contributed by atoms with Crippen LogP contribution in [0, 0.1) is 5.92 Å². The van der Waals surface area contributed by atoms with Gasteiger partial charge < -0.3 is 14.9 Å². The van der Waals surface area contributed by atoms with E-state index >= 15 is 0 Å². The average Bonchev–Trinajstić information content (AvgIpc) is 2.85. The summed E-state index contributed by atoms with van der Waals surface area (Å²) in [5, 5.41) is 9.13. The van der Waals surface area contributed by atoms with Crippen molar-refractivity contribution in [3.05, 3.63) is 65.7 Å². The molecule has 4 amide bonds. The Morgan fingerprint density at radius 2 is 1.54 bits per heavy atom. The minimum absolute atomic E-state index is 0.00912. The van der Waals surface area contributed by atoms with Gasteiger partial charge in [-0.05, 0) is 42.7 Å². The molecule has 0 aliphatic carbocycles. The van der Waals surface area contributed by atoms with E-state index < -0.39 is 24.1 Å². The Morgan fingerprint density at radius 1 is 0.943 bits per heavy atom. The molecule has 1 saturated heterocycles. The number of hydrazine groups is 1. The number of amides is 4. The van der Waals surface area contributed by atoms with Crippen molar-refractivity contribution in [1.82, 2.24) is 15.8 Å². The first-order valence-corrected chi connectivity index (χ1v) is 10.7. The molecule has 186 valence electrons. The van der Waals surface area contributed by atoms with Gasteiger partial charge in [0.05, 0.1) is 6.54 Å². The third-order valence-corrected chi connectivity index (χ3v) is 5.55. The average molecular weight is 492 g/mol. The lowest BCUT2D eigenvalue weighted by Crippen LogP contribution is -2.47. The van der Waals surface area contributed by atoms with Crippen LogP contribution in [0.5, 0.6) is 0 Å². The quantitative estimate of drug-likeness (QED) is 0.555. The fourth-order valence-electron chi connectivity index (χ4n) is 3.64. The standard InChI is InChI=1S/C23H23F3N4O5/c24-23(25,26)21(33)28-27-19(31)16-8-6-15(7-9-16)14-30(18-4-2-1-3-5-18)20(32)17-10-12-29(13-11-17)22(34)35/h1-9,17H,10-14H2,(H,27,31)(H,28,33)(H,34,35). The van der Waals surface area contributed by atoms with Crippen LogP contribution >= 0.6 is 0 Å². The van der Waals surface area contributed by atoms with E-state index in [-0.39, 0.29) is 37.0 Å². The molecule has 1 aliphatic rings. The van der Waals surface area contributed by atoms with E-state index in [4.69, 9.17) is 5.11 Å². The summed E-state index contributed by atoms with van der Waals surface area (Å²) in [6.45, 7) is 0.695. The first-order valence-electron chi connectivity index (χ1n) is 10.7. The van der Waals surface area contributed by atoms with Crippen molar-refractivity contribution in [2.75, 3.05) is 18.0 Å². The number of alkyl halides is 3. The molecule has 35 heavy (non-hydrogen) atoms. The third kappa shape index (κ3) is 6.71. The summed E-state index contributed by atoms with van der Waals surface area (Å²) < 4.78 is 36.7. The highest BCUT2D eigenvalue weighted by atomic mass is 19.4. The lowest BCUT2D eigenvalue weighted by atomic mass is 9.95. The SMILES string of the molecule is O=C(NNC(=O)C(F)(F)F)c1ccc(CN(C(=O)C2CCN(C(=O)O)CC2)c2ccccc2)cc1. The monoisotopic (exact) mass is 492 g/mol. The molecule has 2 aromatic carbocycles. The highest BCUT2D eigenvalue weighted by Crippen LogP contribution is 2.25. The molecule has 3 rings (SSSR count). The van der Waals surface area contributed by atoms with Gasteiger partial charge in [-0.15, -0.1) is 0 Å². The van der Waals surface area contributed by atoms with E-state index in [1.54, 1.807) is 46.7 Å². The number of nitrogens with one attached hydrogen (secondary N) is 2. The van der Waals surface area contributed by atoms with Crippen LogP contribution in [0.2, 0.25) is 0 Å². The highest BCUT2D eigenvalue weighted by molar-refractivity contribution is 5.96. The number of nitrogens with zero attached hydrogens (tertiary/aromatic N) is 2. The van der Waals surface area contributed by atoms with Crippen LogP contribution in [-0.2, 0) is 16.1 Å². The number of likely N-dealkylation sites (tertiary alicyclic amines) is 1. The number of hydrogen-bond acceptors (Lipinski definition) is 4. The topological polar surface area (TPSA) is 119 Å². The predicted molar refractivity (Wildman–Crippen MR) is 118 cm³/mol. The van der Waals surface area contributed by atoms with E-state index in [1.165, 1.54) is 22.5 Å². The van der Waals surface area contributed by atoms with E-state index in [0.717, 1.165) is 0 Å². The Labute approximate surface area is 198 Å². The van der Waals surface area contributed by atoms with Gasteiger partial charge in [-0.3, -0.25) is 25.2 Å². The normalized spacial score (nSPS) is 14.2. The van der Waals surface area contributed by atoms with E-state index in [0.29, 0.717) is 24.1 Å². The second-order valence-corrected chi connectivity index (χ2v) is 7.91. The van der Waals surface area contributed by atoms with Gasteiger partial charge in [0, 0.05) is 30.3 Å². The zero-order valence-electron chi connectivity index (χ0n) is 18.4. The Balaban J connectivity index is 1.69. The van der Waals surface area contributed by atoms with E-state index in [1.807, 2.05) is 6.07 Å². The van der Waals surface area contributed by atoms with Crippen LogP contribution in [0.4, 0.5) is 23.7 Å². The fraction of sp³-hybridized carbons (Fsp3) is 0.304. The molecule has 12 heteroatoms.